The van der Waals surface area contributed by atoms with Crippen LogP contribution in [0.25, 0.3) is 0 Å². The van der Waals surface area contributed by atoms with Crippen molar-refractivity contribution in [3.05, 3.63) is 0 Å². The van der Waals surface area contributed by atoms with Gasteiger partial charge in [0.25, 0.3) is 0 Å². The molecule has 0 aliphatic carbocycles. The molecule has 108 valence electrons. The fourth-order valence-corrected chi connectivity index (χ4v) is 3.07. The summed E-state index contributed by atoms with van der Waals surface area (Å²) in [5.74, 6) is -0.884. The molecule has 2 rings (SSSR count). The summed E-state index contributed by atoms with van der Waals surface area (Å²) in [6.07, 6.45) is 2.30. The van der Waals surface area contributed by atoms with Crippen LogP contribution in [0.3, 0.4) is 0 Å². The number of nitrogens with zero attached hydrogens (tertiary/aromatic N) is 3. The van der Waals surface area contributed by atoms with E-state index in [1.54, 1.807) is 0 Å². The molecule has 2 atom stereocenters. The van der Waals surface area contributed by atoms with E-state index >= 15 is 0 Å². The van der Waals surface area contributed by atoms with Gasteiger partial charge in [-0.2, -0.15) is 0 Å². The first-order valence-corrected chi connectivity index (χ1v) is 6.99. The monoisotopic (exact) mass is 269 g/mol. The largest absolute Gasteiger partial charge is 0.480 e. The van der Waals surface area contributed by atoms with Gasteiger partial charge in [-0.1, -0.05) is 0 Å². The maximum absolute atomic E-state index is 12.6. The maximum Gasteiger partial charge on any atom is 0.326 e. The van der Waals surface area contributed by atoms with Crippen molar-refractivity contribution in [1.82, 2.24) is 14.7 Å². The molecule has 2 fully saturated rings. The average Bonchev–Trinajstić information content (AvgIpc) is 2.76. The van der Waals surface area contributed by atoms with Crippen molar-refractivity contribution in [3.63, 3.8) is 0 Å². The quantitative estimate of drug-likeness (QED) is 0.760. The predicted octanol–water partition coefficient (Wildman–Crippen LogP) is 0.681. The standard InChI is InChI=1S/C13H23N3O3/c1-10-9-14(2)6-4-8-15(10)13(19)16-7-3-5-11(16)12(17)18/h10-11H,3-9H2,1-2H3,(H,17,18)/t10?,11-/m1/s1. The highest BCUT2D eigenvalue weighted by Crippen LogP contribution is 2.21. The van der Waals surface area contributed by atoms with Gasteiger partial charge < -0.3 is 19.8 Å². The summed E-state index contributed by atoms with van der Waals surface area (Å²) in [6, 6.07) is -0.608. The zero-order valence-corrected chi connectivity index (χ0v) is 11.7. The lowest BCUT2D eigenvalue weighted by molar-refractivity contribution is -0.141. The van der Waals surface area contributed by atoms with Crippen LogP contribution in [0.15, 0.2) is 0 Å². The first-order valence-electron chi connectivity index (χ1n) is 6.99. The first kappa shape index (κ1) is 14.1. The highest BCUT2D eigenvalue weighted by molar-refractivity contribution is 5.83. The second-order valence-corrected chi connectivity index (χ2v) is 5.63. The fourth-order valence-electron chi connectivity index (χ4n) is 3.07. The molecule has 0 saturated carbocycles. The van der Waals surface area contributed by atoms with Crippen molar-refractivity contribution >= 4 is 12.0 Å². The molecule has 0 aromatic heterocycles. The van der Waals surface area contributed by atoms with E-state index in [4.69, 9.17) is 0 Å². The van der Waals surface area contributed by atoms with Crippen LogP contribution in [0.4, 0.5) is 4.79 Å². The number of hydrogen-bond donors (Lipinski definition) is 1. The molecule has 2 saturated heterocycles. The van der Waals surface area contributed by atoms with E-state index in [-0.39, 0.29) is 12.1 Å². The molecule has 1 N–H and O–H groups in total. The van der Waals surface area contributed by atoms with E-state index in [1.165, 1.54) is 4.90 Å². The maximum atomic E-state index is 12.6. The summed E-state index contributed by atoms with van der Waals surface area (Å²) in [5.41, 5.74) is 0. The molecule has 2 amide bonds. The van der Waals surface area contributed by atoms with Gasteiger partial charge in [0.05, 0.1) is 0 Å². The van der Waals surface area contributed by atoms with Crippen LogP contribution in [0, 0.1) is 0 Å². The third-order valence-corrected chi connectivity index (χ3v) is 4.08. The molecule has 6 heteroatoms. The Labute approximate surface area is 114 Å². The van der Waals surface area contributed by atoms with Crippen LogP contribution in [-0.2, 0) is 4.79 Å². The minimum atomic E-state index is -0.884. The number of carbonyl (C=O) groups excluding carboxylic acids is 1. The minimum Gasteiger partial charge on any atom is -0.480 e. The van der Waals surface area contributed by atoms with Gasteiger partial charge >= 0.3 is 12.0 Å². The second-order valence-electron chi connectivity index (χ2n) is 5.63. The summed E-state index contributed by atoms with van der Waals surface area (Å²) in [6.45, 7) is 5.14. The van der Waals surface area contributed by atoms with Gasteiger partial charge in [-0.25, -0.2) is 9.59 Å². The first-order chi connectivity index (χ1) is 9.00. The van der Waals surface area contributed by atoms with Crippen molar-refractivity contribution in [2.45, 2.75) is 38.3 Å². The van der Waals surface area contributed by atoms with Gasteiger partial charge in [0.15, 0.2) is 0 Å². The van der Waals surface area contributed by atoms with Crippen LogP contribution in [0.2, 0.25) is 0 Å². The summed E-state index contributed by atoms with van der Waals surface area (Å²) >= 11 is 0. The number of hydrogen-bond acceptors (Lipinski definition) is 3. The van der Waals surface area contributed by atoms with Crippen LogP contribution in [-0.4, -0.2) is 77.1 Å². The van der Waals surface area contributed by atoms with E-state index in [9.17, 15) is 14.7 Å². The zero-order chi connectivity index (χ0) is 14.0. The Balaban J connectivity index is 2.07. The smallest absolute Gasteiger partial charge is 0.326 e. The van der Waals surface area contributed by atoms with E-state index in [0.29, 0.717) is 19.5 Å². The molecular weight excluding hydrogens is 246 g/mol. The second kappa shape index (κ2) is 5.77. The molecule has 2 heterocycles. The van der Waals surface area contributed by atoms with Crippen molar-refractivity contribution in [3.8, 4) is 0 Å². The number of carboxylic acid groups (broad SMARTS) is 1. The van der Waals surface area contributed by atoms with Crippen LogP contribution < -0.4 is 0 Å². The van der Waals surface area contributed by atoms with E-state index < -0.39 is 12.0 Å². The predicted molar refractivity (Wildman–Crippen MR) is 71.0 cm³/mol. The summed E-state index contributed by atoms with van der Waals surface area (Å²) in [7, 11) is 2.06. The molecule has 0 bridgehead atoms. The van der Waals surface area contributed by atoms with E-state index in [0.717, 1.165) is 25.9 Å². The number of likely N-dealkylation sites (N-methyl/N-ethyl adjacent to an activating group) is 1. The van der Waals surface area contributed by atoms with Crippen molar-refractivity contribution in [2.24, 2.45) is 0 Å². The Hall–Kier alpha value is -1.30. The van der Waals surface area contributed by atoms with Gasteiger partial charge in [-0.05, 0) is 39.8 Å². The molecular formula is C13H23N3O3. The lowest BCUT2D eigenvalue weighted by atomic mass is 10.2. The SMILES string of the molecule is CC1CN(C)CCCN1C(=O)N1CCC[C@@H]1C(=O)O. The van der Waals surface area contributed by atoms with E-state index in [2.05, 4.69) is 11.9 Å². The zero-order valence-electron chi connectivity index (χ0n) is 11.7. The number of carbonyl (C=O) groups is 2. The number of carboxylic acids is 1. The molecule has 0 aromatic rings. The molecule has 0 radical (unpaired) electrons. The van der Waals surface area contributed by atoms with Gasteiger partial charge in [-0.3, -0.25) is 0 Å². The number of likely N-dealkylation sites (tertiary alicyclic amines) is 1. The summed E-state index contributed by atoms with van der Waals surface area (Å²) in [4.78, 5) is 29.3. The van der Waals surface area contributed by atoms with Crippen molar-refractivity contribution in [2.75, 3.05) is 33.2 Å². The van der Waals surface area contributed by atoms with Crippen LogP contribution >= 0.6 is 0 Å². The number of rotatable bonds is 1. The molecule has 19 heavy (non-hydrogen) atoms. The molecule has 2 aliphatic heterocycles. The Morgan fingerprint density at radius 1 is 1.11 bits per heavy atom. The van der Waals surface area contributed by atoms with Gasteiger partial charge in [0, 0.05) is 25.7 Å². The number of urea groups is 1. The third-order valence-electron chi connectivity index (χ3n) is 4.08. The molecule has 0 aromatic carbocycles. The highest BCUT2D eigenvalue weighted by Gasteiger charge is 2.37. The topological polar surface area (TPSA) is 64.1 Å². The molecule has 0 spiro atoms. The highest BCUT2D eigenvalue weighted by atomic mass is 16.4. The molecule has 2 aliphatic rings. The Bertz CT molecular complexity index is 361. The van der Waals surface area contributed by atoms with Crippen LogP contribution in [0.5, 0.6) is 0 Å². The normalized spacial score (nSPS) is 29.4. The fraction of sp³-hybridized carbons (Fsp3) is 0.846. The lowest BCUT2D eigenvalue weighted by Crippen LogP contribution is -2.52. The van der Waals surface area contributed by atoms with Gasteiger partial charge in [-0.15, -0.1) is 0 Å². The van der Waals surface area contributed by atoms with Gasteiger partial charge in [0.2, 0.25) is 0 Å². The Morgan fingerprint density at radius 2 is 1.79 bits per heavy atom. The molecule has 1 unspecified atom stereocenters. The Morgan fingerprint density at radius 3 is 2.47 bits per heavy atom. The van der Waals surface area contributed by atoms with Gasteiger partial charge in [0.1, 0.15) is 6.04 Å². The Kier molecular flexibility index (Phi) is 4.29. The van der Waals surface area contributed by atoms with Crippen molar-refractivity contribution in [1.29, 1.82) is 0 Å². The molecule has 6 nitrogen and oxygen atoms in total. The van der Waals surface area contributed by atoms with E-state index in [1.807, 2.05) is 11.8 Å². The lowest BCUT2D eigenvalue weighted by Gasteiger charge is -2.33. The third kappa shape index (κ3) is 3.00. The average molecular weight is 269 g/mol. The van der Waals surface area contributed by atoms with Crippen molar-refractivity contribution < 1.29 is 14.7 Å². The van der Waals surface area contributed by atoms with Crippen LogP contribution in [0.1, 0.15) is 26.2 Å². The minimum absolute atomic E-state index is 0.104. The summed E-state index contributed by atoms with van der Waals surface area (Å²) in [5, 5.41) is 9.17. The number of aliphatic carboxylic acids is 1. The summed E-state index contributed by atoms with van der Waals surface area (Å²) < 4.78 is 0. The number of amides is 2.